The van der Waals surface area contributed by atoms with E-state index in [1.54, 1.807) is 0 Å². The molecule has 2 aromatic rings. The number of fused-ring (bicyclic) bond motifs is 1. The summed E-state index contributed by atoms with van der Waals surface area (Å²) in [5.74, 6) is 0. The minimum Gasteiger partial charge on any atom is -0.423 e. The molecule has 0 bridgehead atoms. The molecule has 0 fully saturated rings. The fourth-order valence-electron chi connectivity index (χ4n) is 1.35. The monoisotopic (exact) mass is 336 g/mol. The summed E-state index contributed by atoms with van der Waals surface area (Å²) in [6, 6.07) is 3.81. The number of hydrogen-bond acceptors (Lipinski definition) is 4. The van der Waals surface area contributed by atoms with Crippen LogP contribution in [0.3, 0.4) is 0 Å². The molecule has 0 aliphatic rings. The van der Waals surface area contributed by atoms with Crippen molar-refractivity contribution in [2.45, 2.75) is 4.90 Å². The highest BCUT2D eigenvalue weighted by molar-refractivity contribution is 14.1. The maximum Gasteiger partial charge on any atom is 0.491 e. The van der Waals surface area contributed by atoms with Gasteiger partial charge in [-0.1, -0.05) is 0 Å². The average Bonchev–Trinajstić information content (AvgIpc) is 2.51. The molecule has 0 amide bonds. The first-order valence-corrected chi connectivity index (χ1v) is 6.26. The summed E-state index contributed by atoms with van der Waals surface area (Å²) in [6.07, 6.45) is 0. The Morgan fingerprint density at radius 1 is 1.43 bits per heavy atom. The predicted molar refractivity (Wildman–Crippen MR) is 71.6 cm³/mol. The number of thiol groups is 1. The molecule has 0 spiro atoms. The van der Waals surface area contributed by atoms with Gasteiger partial charge in [0.05, 0.1) is 0 Å². The second kappa shape index (κ2) is 4.01. The molecule has 2 rings (SSSR count). The minimum absolute atomic E-state index is 0.499. The Labute approximate surface area is 105 Å². The summed E-state index contributed by atoms with van der Waals surface area (Å²) >= 11 is 7.95. The summed E-state index contributed by atoms with van der Waals surface area (Å²) < 4.78 is 1.98. The van der Waals surface area contributed by atoms with Crippen LogP contribution in [0, 0.1) is 3.57 Å². The molecule has 0 saturated heterocycles. The number of rotatable bonds is 1. The summed E-state index contributed by atoms with van der Waals surface area (Å²) in [5.41, 5.74) is 0.499. The van der Waals surface area contributed by atoms with Gasteiger partial charge in [0, 0.05) is 24.0 Å². The zero-order valence-electron chi connectivity index (χ0n) is 6.94. The second-order valence-electron chi connectivity index (χ2n) is 2.83. The van der Waals surface area contributed by atoms with Crippen molar-refractivity contribution in [3.05, 3.63) is 21.1 Å². The van der Waals surface area contributed by atoms with Crippen molar-refractivity contribution >= 4 is 69.2 Å². The van der Waals surface area contributed by atoms with E-state index in [9.17, 15) is 10.0 Å². The van der Waals surface area contributed by atoms with Crippen LogP contribution < -0.4 is 5.46 Å². The van der Waals surface area contributed by atoms with E-state index in [1.807, 2.05) is 17.5 Å². The van der Waals surface area contributed by atoms with E-state index in [0.29, 0.717) is 10.4 Å². The first-order chi connectivity index (χ1) is 6.61. The van der Waals surface area contributed by atoms with Crippen LogP contribution in [0.15, 0.2) is 22.4 Å². The van der Waals surface area contributed by atoms with Crippen molar-refractivity contribution in [3.8, 4) is 0 Å². The first-order valence-electron chi connectivity index (χ1n) is 3.86. The molecule has 0 aliphatic heterocycles. The van der Waals surface area contributed by atoms with Crippen molar-refractivity contribution in [3.63, 3.8) is 0 Å². The average molecular weight is 336 g/mol. The fourth-order valence-corrected chi connectivity index (χ4v) is 3.96. The first kappa shape index (κ1) is 10.8. The van der Waals surface area contributed by atoms with E-state index < -0.39 is 7.12 Å². The molecule has 72 valence electrons. The van der Waals surface area contributed by atoms with Crippen molar-refractivity contribution in [2.24, 2.45) is 0 Å². The molecule has 14 heavy (non-hydrogen) atoms. The number of benzene rings is 1. The summed E-state index contributed by atoms with van der Waals surface area (Å²) in [7, 11) is -1.46. The minimum atomic E-state index is -1.46. The summed E-state index contributed by atoms with van der Waals surface area (Å²) in [6.45, 7) is 0. The highest BCUT2D eigenvalue weighted by Crippen LogP contribution is 2.27. The van der Waals surface area contributed by atoms with Gasteiger partial charge in [0.1, 0.15) is 0 Å². The molecule has 0 atom stereocenters. The van der Waals surface area contributed by atoms with E-state index in [2.05, 4.69) is 35.2 Å². The molecule has 1 aromatic carbocycles. The Bertz CT molecular complexity index is 483. The highest BCUT2D eigenvalue weighted by Gasteiger charge is 2.20. The van der Waals surface area contributed by atoms with Gasteiger partial charge in [0.15, 0.2) is 0 Å². The Morgan fingerprint density at radius 2 is 2.14 bits per heavy atom. The van der Waals surface area contributed by atoms with Crippen LogP contribution in [-0.2, 0) is 0 Å². The van der Waals surface area contributed by atoms with Crippen LogP contribution in [0.4, 0.5) is 0 Å². The third kappa shape index (κ3) is 1.69. The maximum absolute atomic E-state index is 9.22. The molecule has 6 heteroatoms. The van der Waals surface area contributed by atoms with Gasteiger partial charge in [-0.05, 0) is 40.1 Å². The summed E-state index contributed by atoms with van der Waals surface area (Å²) in [4.78, 5) is 0.624. The Hall–Kier alpha value is 0.245. The number of halogens is 1. The van der Waals surface area contributed by atoms with Crippen LogP contribution in [0.25, 0.3) is 10.1 Å². The van der Waals surface area contributed by atoms with Gasteiger partial charge in [0.25, 0.3) is 0 Å². The Kier molecular flexibility index (Phi) is 3.08. The molecular formula is C8H6BIO2S2. The zero-order valence-corrected chi connectivity index (χ0v) is 10.8. The van der Waals surface area contributed by atoms with Gasteiger partial charge in [0.2, 0.25) is 0 Å². The van der Waals surface area contributed by atoms with E-state index in [1.165, 1.54) is 11.3 Å². The highest BCUT2D eigenvalue weighted by atomic mass is 127. The molecule has 1 heterocycles. The van der Waals surface area contributed by atoms with Gasteiger partial charge in [-0.25, -0.2) is 0 Å². The summed E-state index contributed by atoms with van der Waals surface area (Å²) in [5, 5.41) is 21.4. The topological polar surface area (TPSA) is 40.5 Å². The van der Waals surface area contributed by atoms with E-state index in [-0.39, 0.29) is 0 Å². The Morgan fingerprint density at radius 3 is 2.79 bits per heavy atom. The maximum atomic E-state index is 9.22. The molecule has 2 N–H and O–H groups in total. The number of hydrogen-bond donors (Lipinski definition) is 3. The van der Waals surface area contributed by atoms with Crippen LogP contribution >= 0.6 is 46.6 Å². The van der Waals surface area contributed by atoms with Crippen molar-refractivity contribution in [1.82, 2.24) is 0 Å². The second-order valence-corrected chi connectivity index (χ2v) is 5.39. The molecule has 1 aromatic heterocycles. The predicted octanol–water partition coefficient (Wildman–Crippen LogP) is 1.47. The van der Waals surface area contributed by atoms with E-state index in [0.717, 1.165) is 13.7 Å². The van der Waals surface area contributed by atoms with Crippen LogP contribution in [-0.4, -0.2) is 17.2 Å². The van der Waals surface area contributed by atoms with Crippen LogP contribution in [0.5, 0.6) is 0 Å². The lowest BCUT2D eigenvalue weighted by atomic mass is 9.80. The Balaban J connectivity index is 2.86. The van der Waals surface area contributed by atoms with Gasteiger partial charge in [-0.3, -0.25) is 0 Å². The largest absolute Gasteiger partial charge is 0.491 e. The third-order valence-electron chi connectivity index (χ3n) is 1.96. The lowest BCUT2D eigenvalue weighted by molar-refractivity contribution is 0.425. The molecule has 0 aliphatic carbocycles. The third-order valence-corrected chi connectivity index (χ3v) is 4.17. The van der Waals surface area contributed by atoms with Crippen LogP contribution in [0.1, 0.15) is 0 Å². The van der Waals surface area contributed by atoms with Gasteiger partial charge in [-0.15, -0.1) is 24.0 Å². The lowest BCUT2D eigenvalue weighted by Gasteiger charge is -2.06. The quantitative estimate of drug-likeness (QED) is 0.419. The smallest absolute Gasteiger partial charge is 0.423 e. The molecule has 0 saturated carbocycles. The standard InChI is InChI=1S/C8H6BIO2S2/c10-5-3-6(13)7(9(11)12)8-4(5)1-2-14-8/h1-3,11-13H. The number of thiophene rings is 1. The van der Waals surface area contributed by atoms with Crippen LogP contribution in [0.2, 0.25) is 0 Å². The van der Waals surface area contributed by atoms with E-state index >= 15 is 0 Å². The molecule has 0 unspecified atom stereocenters. The zero-order chi connectivity index (χ0) is 10.3. The molecular weight excluding hydrogens is 330 g/mol. The fraction of sp³-hybridized carbons (Fsp3) is 0. The van der Waals surface area contributed by atoms with Crippen molar-refractivity contribution in [1.29, 1.82) is 0 Å². The van der Waals surface area contributed by atoms with Crippen molar-refractivity contribution < 1.29 is 10.0 Å². The van der Waals surface area contributed by atoms with E-state index in [4.69, 9.17) is 0 Å². The lowest BCUT2D eigenvalue weighted by Crippen LogP contribution is -2.31. The SMILES string of the molecule is OB(O)c1c(S)cc(I)c2ccsc12. The van der Waals surface area contributed by atoms with Gasteiger partial charge in [-0.2, -0.15) is 0 Å². The molecule has 0 radical (unpaired) electrons. The van der Waals surface area contributed by atoms with Gasteiger partial charge >= 0.3 is 7.12 Å². The van der Waals surface area contributed by atoms with Gasteiger partial charge < -0.3 is 10.0 Å². The van der Waals surface area contributed by atoms with Crippen molar-refractivity contribution in [2.75, 3.05) is 0 Å². The normalized spacial score (nSPS) is 10.9. The molecule has 2 nitrogen and oxygen atoms in total.